The fraction of sp³-hybridized carbons (Fsp3) is 0.900. The van der Waals surface area contributed by atoms with E-state index in [1.807, 2.05) is 10.0 Å². The quantitative estimate of drug-likeness (QED) is 0.712. The van der Waals surface area contributed by atoms with Gasteiger partial charge in [-0.3, -0.25) is 9.80 Å². The maximum Gasteiger partial charge on any atom is 0.237 e. The molecule has 1 saturated carbocycles. The Morgan fingerprint density at radius 2 is 2.14 bits per heavy atom. The van der Waals surface area contributed by atoms with Crippen molar-refractivity contribution in [1.82, 2.24) is 10.0 Å². The average molecular weight is 198 g/mol. The molecule has 1 amide bonds. The average Bonchev–Trinajstić information content (AvgIpc) is 2.08. The maximum absolute atomic E-state index is 11.7. The van der Waals surface area contributed by atoms with Crippen molar-refractivity contribution in [3.8, 4) is 0 Å². The molecule has 0 aromatic heterocycles. The minimum atomic E-state index is 0.135. The number of aliphatic hydroxyl groups is 1. The van der Waals surface area contributed by atoms with Crippen LogP contribution in [0.1, 0.15) is 32.1 Å². The Hall–Kier alpha value is -0.610. The summed E-state index contributed by atoms with van der Waals surface area (Å²) in [6.07, 6.45) is 5.11. The molecule has 0 unspecified atom stereocenters. The van der Waals surface area contributed by atoms with E-state index in [1.165, 1.54) is 6.42 Å². The second-order valence-electron chi connectivity index (χ2n) is 4.10. The van der Waals surface area contributed by atoms with Crippen LogP contribution in [-0.2, 0) is 4.79 Å². The number of β-amino-alcohol motifs (C(OH)–C–C–N with tert-alkyl or cyclic N) is 1. The molecule has 0 radical (unpaired) electrons. The standard InChI is InChI=1S/C10H18N2O2/c13-8-7-11-6-2-5-10(14)12(11)9-3-1-4-9/h9,13H,1-8H2. The van der Waals surface area contributed by atoms with Gasteiger partial charge >= 0.3 is 0 Å². The number of nitrogens with zero attached hydrogens (tertiary/aromatic N) is 2. The van der Waals surface area contributed by atoms with Crippen LogP contribution in [0.5, 0.6) is 0 Å². The summed E-state index contributed by atoms with van der Waals surface area (Å²) in [6.45, 7) is 1.65. The van der Waals surface area contributed by atoms with Crippen molar-refractivity contribution in [2.45, 2.75) is 38.1 Å². The molecule has 1 N–H and O–H groups in total. The van der Waals surface area contributed by atoms with Crippen LogP contribution in [0.25, 0.3) is 0 Å². The summed E-state index contributed by atoms with van der Waals surface area (Å²) in [7, 11) is 0. The molecule has 0 aromatic rings. The minimum absolute atomic E-state index is 0.135. The van der Waals surface area contributed by atoms with Crippen LogP contribution in [0.15, 0.2) is 0 Å². The van der Waals surface area contributed by atoms with Crippen molar-refractivity contribution in [3.63, 3.8) is 0 Å². The van der Waals surface area contributed by atoms with Crippen LogP contribution in [-0.4, -0.2) is 46.8 Å². The van der Waals surface area contributed by atoms with Gasteiger partial charge < -0.3 is 5.11 Å². The Kier molecular flexibility index (Phi) is 3.03. The third kappa shape index (κ3) is 1.77. The molecule has 0 bridgehead atoms. The fourth-order valence-electron chi connectivity index (χ4n) is 2.19. The minimum Gasteiger partial charge on any atom is -0.395 e. The second-order valence-corrected chi connectivity index (χ2v) is 4.10. The molecule has 2 rings (SSSR count). The van der Waals surface area contributed by atoms with Crippen molar-refractivity contribution >= 4 is 5.91 Å². The van der Waals surface area contributed by atoms with E-state index in [9.17, 15) is 4.79 Å². The van der Waals surface area contributed by atoms with Gasteiger partial charge in [0.25, 0.3) is 0 Å². The van der Waals surface area contributed by atoms with Crippen molar-refractivity contribution in [2.24, 2.45) is 0 Å². The van der Waals surface area contributed by atoms with E-state index >= 15 is 0 Å². The number of aliphatic hydroxyl groups excluding tert-OH is 1. The largest absolute Gasteiger partial charge is 0.395 e. The first-order valence-corrected chi connectivity index (χ1v) is 5.50. The molecule has 0 spiro atoms. The summed E-state index contributed by atoms with van der Waals surface area (Å²) in [5.74, 6) is 0.245. The third-order valence-corrected chi connectivity index (χ3v) is 3.15. The van der Waals surface area contributed by atoms with Gasteiger partial charge in [0.1, 0.15) is 0 Å². The Bertz CT molecular complexity index is 214. The molecule has 14 heavy (non-hydrogen) atoms. The molecule has 0 atom stereocenters. The Labute approximate surface area is 84.5 Å². The van der Waals surface area contributed by atoms with Crippen molar-refractivity contribution in [1.29, 1.82) is 0 Å². The zero-order chi connectivity index (χ0) is 9.97. The smallest absolute Gasteiger partial charge is 0.237 e. The van der Waals surface area contributed by atoms with Crippen LogP contribution in [0.3, 0.4) is 0 Å². The van der Waals surface area contributed by atoms with Gasteiger partial charge in [-0.1, -0.05) is 0 Å². The molecule has 80 valence electrons. The van der Waals surface area contributed by atoms with Gasteiger partial charge in [-0.25, -0.2) is 5.01 Å². The van der Waals surface area contributed by atoms with E-state index in [0.29, 0.717) is 19.0 Å². The lowest BCUT2D eigenvalue weighted by atomic mass is 9.91. The molecule has 1 saturated heterocycles. The normalized spacial score (nSPS) is 25.2. The van der Waals surface area contributed by atoms with Gasteiger partial charge in [0.05, 0.1) is 6.61 Å². The van der Waals surface area contributed by atoms with Gasteiger partial charge in [-0.15, -0.1) is 0 Å². The molecule has 4 heteroatoms. The number of hydrogen-bond donors (Lipinski definition) is 1. The topological polar surface area (TPSA) is 43.8 Å². The molecule has 1 heterocycles. The highest BCUT2D eigenvalue weighted by atomic mass is 16.3. The highest BCUT2D eigenvalue weighted by molar-refractivity contribution is 5.76. The van der Waals surface area contributed by atoms with Gasteiger partial charge in [0.15, 0.2) is 0 Å². The summed E-state index contributed by atoms with van der Waals surface area (Å²) in [6, 6.07) is 0.425. The maximum atomic E-state index is 11.7. The van der Waals surface area contributed by atoms with Gasteiger partial charge in [-0.2, -0.15) is 0 Å². The second kappa shape index (κ2) is 4.28. The fourth-order valence-corrected chi connectivity index (χ4v) is 2.19. The van der Waals surface area contributed by atoms with Crippen molar-refractivity contribution in [3.05, 3.63) is 0 Å². The van der Waals surface area contributed by atoms with E-state index in [1.54, 1.807) is 0 Å². The number of rotatable bonds is 3. The summed E-state index contributed by atoms with van der Waals surface area (Å²) in [4.78, 5) is 11.7. The van der Waals surface area contributed by atoms with E-state index in [4.69, 9.17) is 5.11 Å². The van der Waals surface area contributed by atoms with Crippen LogP contribution in [0.2, 0.25) is 0 Å². The van der Waals surface area contributed by atoms with Gasteiger partial charge in [0.2, 0.25) is 5.91 Å². The number of carbonyl (C=O) groups is 1. The summed E-state index contributed by atoms with van der Waals surface area (Å²) in [5.41, 5.74) is 0. The summed E-state index contributed by atoms with van der Waals surface area (Å²) >= 11 is 0. The SMILES string of the molecule is O=C1CCCN(CCO)N1C1CCC1. The monoisotopic (exact) mass is 198 g/mol. The molecule has 1 aliphatic heterocycles. The Balaban J connectivity index is 2.00. The first-order valence-electron chi connectivity index (χ1n) is 5.50. The van der Waals surface area contributed by atoms with Crippen LogP contribution >= 0.6 is 0 Å². The van der Waals surface area contributed by atoms with E-state index in [-0.39, 0.29) is 12.5 Å². The van der Waals surface area contributed by atoms with Gasteiger partial charge in [0, 0.05) is 25.6 Å². The molecular weight excluding hydrogens is 180 g/mol. The lowest BCUT2D eigenvalue weighted by Gasteiger charge is -2.46. The first kappa shape index (κ1) is 9.93. The van der Waals surface area contributed by atoms with E-state index in [0.717, 1.165) is 25.8 Å². The lowest BCUT2D eigenvalue weighted by molar-refractivity contribution is -0.168. The lowest BCUT2D eigenvalue weighted by Crippen LogP contribution is -2.57. The predicted molar refractivity (Wildman–Crippen MR) is 52.4 cm³/mol. The highest BCUT2D eigenvalue weighted by Gasteiger charge is 2.34. The molecular formula is C10H18N2O2. The van der Waals surface area contributed by atoms with Crippen LogP contribution < -0.4 is 0 Å². The summed E-state index contributed by atoms with van der Waals surface area (Å²) < 4.78 is 0. The molecule has 0 aromatic carbocycles. The zero-order valence-electron chi connectivity index (χ0n) is 8.48. The van der Waals surface area contributed by atoms with Crippen molar-refractivity contribution in [2.75, 3.05) is 19.7 Å². The van der Waals surface area contributed by atoms with Crippen LogP contribution in [0.4, 0.5) is 0 Å². The third-order valence-electron chi connectivity index (χ3n) is 3.15. The van der Waals surface area contributed by atoms with Crippen LogP contribution in [0, 0.1) is 0 Å². The zero-order valence-corrected chi connectivity index (χ0v) is 8.48. The van der Waals surface area contributed by atoms with E-state index < -0.39 is 0 Å². The Morgan fingerprint density at radius 3 is 2.71 bits per heavy atom. The molecule has 2 aliphatic rings. The predicted octanol–water partition coefficient (Wildman–Crippen LogP) is 0.371. The number of carbonyl (C=O) groups excluding carboxylic acids is 1. The molecule has 1 aliphatic carbocycles. The number of hydrazine groups is 1. The first-order chi connectivity index (χ1) is 6.83. The highest BCUT2D eigenvalue weighted by Crippen LogP contribution is 2.28. The summed E-state index contributed by atoms with van der Waals surface area (Å²) in [5, 5.41) is 12.8. The molecule has 2 fully saturated rings. The molecule has 4 nitrogen and oxygen atoms in total. The van der Waals surface area contributed by atoms with Gasteiger partial charge in [-0.05, 0) is 25.7 Å². The Morgan fingerprint density at radius 1 is 1.36 bits per heavy atom. The van der Waals surface area contributed by atoms with Crippen molar-refractivity contribution < 1.29 is 9.90 Å². The number of hydrogen-bond acceptors (Lipinski definition) is 3. The van der Waals surface area contributed by atoms with E-state index in [2.05, 4.69) is 0 Å². The number of amides is 1.